The predicted molar refractivity (Wildman–Crippen MR) is 110 cm³/mol. The summed E-state index contributed by atoms with van der Waals surface area (Å²) in [6, 6.07) is 10.2. The van der Waals surface area contributed by atoms with E-state index in [0.29, 0.717) is 26.2 Å². The Morgan fingerprint density at radius 2 is 1.62 bits per heavy atom. The van der Waals surface area contributed by atoms with E-state index in [-0.39, 0.29) is 10.5 Å². The maximum atomic E-state index is 13.0. The third kappa shape index (κ3) is 4.04. The van der Waals surface area contributed by atoms with Crippen LogP contribution in [0.4, 0.5) is 11.8 Å². The first-order valence-electron chi connectivity index (χ1n) is 9.92. The zero-order chi connectivity index (χ0) is 20.3. The van der Waals surface area contributed by atoms with Crippen molar-refractivity contribution in [1.29, 1.82) is 5.26 Å². The Kier molecular flexibility index (Phi) is 5.65. The van der Waals surface area contributed by atoms with Gasteiger partial charge in [0.2, 0.25) is 16.0 Å². The van der Waals surface area contributed by atoms with Crippen LogP contribution in [0.1, 0.15) is 24.8 Å². The minimum Gasteiger partial charge on any atom is -0.354 e. The van der Waals surface area contributed by atoms with Crippen LogP contribution >= 0.6 is 0 Å². The van der Waals surface area contributed by atoms with Crippen molar-refractivity contribution in [3.8, 4) is 6.07 Å². The molecule has 2 aliphatic heterocycles. The number of hydrogen-bond acceptors (Lipinski definition) is 7. The topological polar surface area (TPSA) is 93.4 Å². The van der Waals surface area contributed by atoms with E-state index < -0.39 is 10.0 Å². The molecule has 2 fully saturated rings. The summed E-state index contributed by atoms with van der Waals surface area (Å²) in [6.45, 7) is 3.76. The Morgan fingerprint density at radius 1 is 0.897 bits per heavy atom. The fourth-order valence-electron chi connectivity index (χ4n) is 3.84. The predicted octanol–water partition coefficient (Wildman–Crippen LogP) is 1.85. The average Bonchev–Trinajstić information content (AvgIpc) is 2.80. The molecule has 1 aromatic heterocycles. The number of rotatable bonds is 4. The molecule has 0 atom stereocenters. The Morgan fingerprint density at radius 3 is 2.34 bits per heavy atom. The van der Waals surface area contributed by atoms with Gasteiger partial charge in [0.15, 0.2) is 0 Å². The molecule has 9 heteroatoms. The zero-order valence-electron chi connectivity index (χ0n) is 16.2. The van der Waals surface area contributed by atoms with Crippen molar-refractivity contribution in [3.63, 3.8) is 0 Å². The van der Waals surface area contributed by atoms with Gasteiger partial charge in [0, 0.05) is 45.5 Å². The molecule has 0 amide bonds. The Balaban J connectivity index is 1.46. The van der Waals surface area contributed by atoms with Gasteiger partial charge in [-0.25, -0.2) is 13.4 Å². The highest BCUT2D eigenvalue weighted by Crippen LogP contribution is 2.24. The average molecular weight is 413 g/mol. The first kappa shape index (κ1) is 19.6. The van der Waals surface area contributed by atoms with Gasteiger partial charge in [0.1, 0.15) is 11.9 Å². The minimum absolute atomic E-state index is 0.0744. The number of nitrogens with zero attached hydrogens (tertiary/aromatic N) is 6. The second-order valence-electron chi connectivity index (χ2n) is 7.26. The van der Waals surface area contributed by atoms with Crippen LogP contribution in [0.5, 0.6) is 0 Å². The van der Waals surface area contributed by atoms with Gasteiger partial charge in [-0.15, -0.1) is 0 Å². The third-order valence-electron chi connectivity index (χ3n) is 5.46. The fourth-order valence-corrected chi connectivity index (χ4v) is 5.41. The number of sulfonamides is 1. The maximum Gasteiger partial charge on any atom is 0.244 e. The number of aromatic nitrogens is 2. The molecule has 0 N–H and O–H groups in total. The van der Waals surface area contributed by atoms with Gasteiger partial charge >= 0.3 is 0 Å². The maximum absolute atomic E-state index is 13.0. The first-order valence-corrected chi connectivity index (χ1v) is 11.4. The van der Waals surface area contributed by atoms with E-state index in [0.717, 1.165) is 37.7 Å². The van der Waals surface area contributed by atoms with E-state index >= 15 is 0 Å². The molecule has 4 rings (SSSR count). The lowest BCUT2D eigenvalue weighted by Gasteiger charge is -2.35. The van der Waals surface area contributed by atoms with Crippen molar-refractivity contribution in [2.24, 2.45) is 0 Å². The zero-order valence-corrected chi connectivity index (χ0v) is 17.1. The largest absolute Gasteiger partial charge is 0.354 e. The van der Waals surface area contributed by atoms with Crippen LogP contribution in [-0.4, -0.2) is 62.0 Å². The molecule has 2 saturated heterocycles. The molecule has 0 aliphatic carbocycles. The van der Waals surface area contributed by atoms with Crippen molar-refractivity contribution >= 4 is 21.8 Å². The van der Waals surface area contributed by atoms with Crippen molar-refractivity contribution in [2.75, 3.05) is 49.1 Å². The normalized spacial score (nSPS) is 18.4. The summed E-state index contributed by atoms with van der Waals surface area (Å²) in [7, 11) is -3.69. The molecular formula is C20H24N6O2S. The lowest BCUT2D eigenvalue weighted by molar-refractivity contribution is 0.383. The number of piperazine rings is 1. The number of benzene rings is 1. The summed E-state index contributed by atoms with van der Waals surface area (Å²) in [5.74, 6) is 1.58. The van der Waals surface area contributed by atoms with Crippen LogP contribution in [0.2, 0.25) is 0 Å². The van der Waals surface area contributed by atoms with Crippen molar-refractivity contribution in [3.05, 3.63) is 42.1 Å². The monoisotopic (exact) mass is 412 g/mol. The Hall–Kier alpha value is -2.70. The molecule has 0 saturated carbocycles. The lowest BCUT2D eigenvalue weighted by atomic mass is 10.1. The van der Waals surface area contributed by atoms with Gasteiger partial charge < -0.3 is 9.80 Å². The summed E-state index contributed by atoms with van der Waals surface area (Å²) >= 11 is 0. The second-order valence-corrected chi connectivity index (χ2v) is 9.17. The van der Waals surface area contributed by atoms with E-state index in [2.05, 4.69) is 14.8 Å². The molecule has 1 aromatic carbocycles. The minimum atomic E-state index is -3.69. The molecule has 8 nitrogen and oxygen atoms in total. The summed E-state index contributed by atoms with van der Waals surface area (Å²) in [5, 5.41) is 9.24. The number of anilines is 2. The van der Waals surface area contributed by atoms with Crippen LogP contribution in [-0.2, 0) is 10.0 Å². The highest BCUT2D eigenvalue weighted by Gasteiger charge is 2.30. The van der Waals surface area contributed by atoms with Crippen LogP contribution in [0, 0.1) is 11.3 Å². The Labute approximate surface area is 171 Å². The summed E-state index contributed by atoms with van der Waals surface area (Å²) < 4.78 is 27.4. The van der Waals surface area contributed by atoms with E-state index in [1.165, 1.54) is 22.9 Å². The molecule has 152 valence electrons. The fraction of sp³-hybridized carbons (Fsp3) is 0.450. The van der Waals surface area contributed by atoms with Gasteiger partial charge in [-0.3, -0.25) is 0 Å². The van der Waals surface area contributed by atoms with E-state index in [1.807, 2.05) is 12.1 Å². The van der Waals surface area contributed by atoms with E-state index in [9.17, 15) is 13.7 Å². The van der Waals surface area contributed by atoms with Crippen LogP contribution in [0.15, 0.2) is 41.4 Å². The quantitative estimate of drug-likeness (QED) is 0.756. The lowest BCUT2D eigenvalue weighted by Crippen LogP contribution is -2.49. The van der Waals surface area contributed by atoms with Gasteiger partial charge in [-0.05, 0) is 37.5 Å². The van der Waals surface area contributed by atoms with Gasteiger partial charge in [0.25, 0.3) is 0 Å². The van der Waals surface area contributed by atoms with Gasteiger partial charge in [-0.1, -0.05) is 12.1 Å². The highest BCUT2D eigenvalue weighted by molar-refractivity contribution is 7.89. The standard InChI is InChI=1S/C20H24N6O2S/c21-16-17-6-2-3-7-18(17)29(27,28)26-14-12-24(13-15-26)19-8-9-22-20(23-19)25-10-4-1-5-11-25/h2-3,6-9H,1,4-5,10-15H2. The van der Waals surface area contributed by atoms with Gasteiger partial charge in [-0.2, -0.15) is 14.6 Å². The first-order chi connectivity index (χ1) is 14.1. The third-order valence-corrected chi connectivity index (χ3v) is 7.41. The van der Waals surface area contributed by atoms with Gasteiger partial charge in [0.05, 0.1) is 10.5 Å². The number of hydrogen-bond donors (Lipinski definition) is 0. The summed E-state index contributed by atoms with van der Waals surface area (Å²) in [4.78, 5) is 13.5. The molecule has 2 aromatic rings. The van der Waals surface area contributed by atoms with E-state index in [1.54, 1.807) is 18.3 Å². The molecular weight excluding hydrogens is 388 g/mol. The molecule has 0 unspecified atom stereocenters. The van der Waals surface area contributed by atoms with Crippen LogP contribution in [0.25, 0.3) is 0 Å². The van der Waals surface area contributed by atoms with Crippen LogP contribution in [0.3, 0.4) is 0 Å². The molecule has 0 radical (unpaired) electrons. The molecule has 29 heavy (non-hydrogen) atoms. The van der Waals surface area contributed by atoms with Crippen molar-refractivity contribution in [1.82, 2.24) is 14.3 Å². The van der Waals surface area contributed by atoms with Crippen molar-refractivity contribution < 1.29 is 8.42 Å². The summed E-state index contributed by atoms with van der Waals surface area (Å²) in [5.41, 5.74) is 0.178. The number of nitriles is 1. The molecule has 2 aliphatic rings. The molecule has 3 heterocycles. The number of piperidine rings is 1. The SMILES string of the molecule is N#Cc1ccccc1S(=O)(=O)N1CCN(c2ccnc(N3CCCCC3)n2)CC1. The smallest absolute Gasteiger partial charge is 0.244 e. The van der Waals surface area contributed by atoms with Crippen molar-refractivity contribution in [2.45, 2.75) is 24.2 Å². The highest BCUT2D eigenvalue weighted by atomic mass is 32.2. The molecule has 0 spiro atoms. The van der Waals surface area contributed by atoms with Crippen LogP contribution < -0.4 is 9.80 Å². The van der Waals surface area contributed by atoms with E-state index in [4.69, 9.17) is 4.98 Å². The molecule has 0 bridgehead atoms. The summed E-state index contributed by atoms with van der Waals surface area (Å²) in [6.07, 6.45) is 5.35. The Bertz CT molecular complexity index is 1010. The second kappa shape index (κ2) is 8.35.